The Morgan fingerprint density at radius 1 is 1.21 bits per heavy atom. The molecule has 1 aromatic carbocycles. The second-order valence-electron chi connectivity index (χ2n) is 6.67. The van der Waals surface area contributed by atoms with Gasteiger partial charge in [0.05, 0.1) is 0 Å². The standard InChI is InChI=1S/C18H24N4O2/c1-13(2)14-8-10-15(11-9-14)18-19-21-22(20-18)12-17(23)24-16-6-4-3-5-7-16/h8-11,13,16H,3-7,12H2,1-2H3. The van der Waals surface area contributed by atoms with E-state index in [1.54, 1.807) is 0 Å². The molecule has 6 nitrogen and oxygen atoms in total. The van der Waals surface area contributed by atoms with Crippen LogP contribution in [0.4, 0.5) is 0 Å². The molecule has 0 bridgehead atoms. The molecule has 0 spiro atoms. The van der Waals surface area contributed by atoms with Gasteiger partial charge in [-0.3, -0.25) is 0 Å². The maximum absolute atomic E-state index is 12.0. The van der Waals surface area contributed by atoms with Gasteiger partial charge in [0, 0.05) is 5.56 Å². The average molecular weight is 328 g/mol. The Kier molecular flexibility index (Phi) is 5.23. The van der Waals surface area contributed by atoms with Crippen LogP contribution in [-0.4, -0.2) is 32.3 Å². The lowest BCUT2D eigenvalue weighted by Crippen LogP contribution is -2.24. The molecule has 0 radical (unpaired) electrons. The number of carbonyl (C=O) groups excluding carboxylic acids is 1. The SMILES string of the molecule is CC(C)c1ccc(-c2nnn(CC(=O)OC3CCCCC3)n2)cc1. The van der Waals surface area contributed by atoms with Gasteiger partial charge in [0.15, 0.2) is 6.54 Å². The van der Waals surface area contributed by atoms with Crippen LogP contribution in [-0.2, 0) is 16.1 Å². The molecule has 0 aliphatic heterocycles. The molecule has 2 aromatic rings. The van der Waals surface area contributed by atoms with E-state index in [-0.39, 0.29) is 18.6 Å². The summed E-state index contributed by atoms with van der Waals surface area (Å²) in [4.78, 5) is 13.3. The maximum Gasteiger partial charge on any atom is 0.330 e. The number of carbonyl (C=O) groups is 1. The van der Waals surface area contributed by atoms with Gasteiger partial charge in [-0.25, -0.2) is 4.79 Å². The zero-order valence-corrected chi connectivity index (χ0v) is 14.3. The normalized spacial score (nSPS) is 15.6. The van der Waals surface area contributed by atoms with Crippen molar-refractivity contribution in [2.45, 2.75) is 64.5 Å². The minimum atomic E-state index is -0.291. The summed E-state index contributed by atoms with van der Waals surface area (Å²) in [7, 11) is 0. The van der Waals surface area contributed by atoms with Crippen molar-refractivity contribution in [1.82, 2.24) is 20.2 Å². The minimum absolute atomic E-state index is 0.00752. The monoisotopic (exact) mass is 328 g/mol. The molecule has 3 rings (SSSR count). The molecule has 1 saturated carbocycles. The van der Waals surface area contributed by atoms with Crippen molar-refractivity contribution in [3.63, 3.8) is 0 Å². The number of rotatable bonds is 5. The van der Waals surface area contributed by atoms with Gasteiger partial charge in [-0.2, -0.15) is 4.80 Å². The third-order valence-corrected chi connectivity index (χ3v) is 4.41. The predicted octanol–water partition coefficient (Wildman–Crippen LogP) is 3.34. The van der Waals surface area contributed by atoms with Crippen LogP contribution in [0.1, 0.15) is 57.4 Å². The lowest BCUT2D eigenvalue weighted by atomic mass is 9.98. The summed E-state index contributed by atoms with van der Waals surface area (Å²) >= 11 is 0. The number of aromatic nitrogens is 4. The Morgan fingerprint density at radius 2 is 1.92 bits per heavy atom. The molecule has 0 amide bonds. The summed E-state index contributed by atoms with van der Waals surface area (Å²) in [6.07, 6.45) is 5.48. The number of tetrazole rings is 1. The Morgan fingerprint density at radius 3 is 2.58 bits per heavy atom. The molecule has 1 aliphatic rings. The molecule has 1 fully saturated rings. The van der Waals surface area contributed by atoms with Crippen molar-refractivity contribution in [3.05, 3.63) is 29.8 Å². The molecule has 0 saturated heterocycles. The highest BCUT2D eigenvalue weighted by molar-refractivity contribution is 5.69. The molecule has 0 N–H and O–H groups in total. The lowest BCUT2D eigenvalue weighted by Gasteiger charge is -2.21. The molecule has 1 aromatic heterocycles. The van der Waals surface area contributed by atoms with E-state index in [0.717, 1.165) is 31.2 Å². The maximum atomic E-state index is 12.0. The van der Waals surface area contributed by atoms with Crippen LogP contribution in [0.15, 0.2) is 24.3 Å². The fourth-order valence-corrected chi connectivity index (χ4v) is 2.96. The van der Waals surface area contributed by atoms with Crippen molar-refractivity contribution in [2.75, 3.05) is 0 Å². The highest BCUT2D eigenvalue weighted by Gasteiger charge is 2.18. The molecule has 1 heterocycles. The van der Waals surface area contributed by atoms with E-state index in [9.17, 15) is 4.79 Å². The number of benzene rings is 1. The molecular weight excluding hydrogens is 304 g/mol. The summed E-state index contributed by atoms with van der Waals surface area (Å²) in [5, 5.41) is 12.3. The van der Waals surface area contributed by atoms with Crippen LogP contribution in [0.5, 0.6) is 0 Å². The van der Waals surface area contributed by atoms with Gasteiger partial charge in [0.1, 0.15) is 6.10 Å². The van der Waals surface area contributed by atoms with E-state index in [1.807, 2.05) is 12.1 Å². The van der Waals surface area contributed by atoms with Gasteiger partial charge >= 0.3 is 5.97 Å². The summed E-state index contributed by atoms with van der Waals surface area (Å²) in [6.45, 7) is 4.32. The molecule has 24 heavy (non-hydrogen) atoms. The van der Waals surface area contributed by atoms with Crippen molar-refractivity contribution in [2.24, 2.45) is 0 Å². The zero-order valence-electron chi connectivity index (χ0n) is 14.3. The van der Waals surface area contributed by atoms with Gasteiger partial charge in [-0.05, 0) is 42.4 Å². The first-order chi connectivity index (χ1) is 11.6. The topological polar surface area (TPSA) is 69.9 Å². The Labute approximate surface area is 142 Å². The van der Waals surface area contributed by atoms with Crippen molar-refractivity contribution in [1.29, 1.82) is 0 Å². The van der Waals surface area contributed by atoms with Gasteiger partial charge in [-0.15, -0.1) is 10.2 Å². The quantitative estimate of drug-likeness (QED) is 0.787. The van der Waals surface area contributed by atoms with E-state index < -0.39 is 0 Å². The van der Waals surface area contributed by atoms with Crippen molar-refractivity contribution < 1.29 is 9.53 Å². The van der Waals surface area contributed by atoms with Crippen LogP contribution in [0.3, 0.4) is 0 Å². The fraction of sp³-hybridized carbons (Fsp3) is 0.556. The number of hydrogen-bond acceptors (Lipinski definition) is 5. The minimum Gasteiger partial charge on any atom is -0.461 e. The lowest BCUT2D eigenvalue weighted by molar-refractivity contribution is -0.151. The number of ether oxygens (including phenoxy) is 1. The van der Waals surface area contributed by atoms with E-state index in [2.05, 4.69) is 41.4 Å². The number of hydrogen-bond donors (Lipinski definition) is 0. The largest absolute Gasteiger partial charge is 0.461 e. The second kappa shape index (κ2) is 7.55. The van der Waals surface area contributed by atoms with Gasteiger partial charge in [0.2, 0.25) is 5.82 Å². The van der Waals surface area contributed by atoms with Crippen LogP contribution >= 0.6 is 0 Å². The highest BCUT2D eigenvalue weighted by atomic mass is 16.5. The summed E-state index contributed by atoms with van der Waals surface area (Å²) in [6, 6.07) is 8.10. The molecule has 6 heteroatoms. The summed E-state index contributed by atoms with van der Waals surface area (Å²) in [5.41, 5.74) is 2.16. The molecule has 0 unspecified atom stereocenters. The van der Waals surface area contributed by atoms with Crippen molar-refractivity contribution in [3.8, 4) is 11.4 Å². The molecule has 0 atom stereocenters. The molecular formula is C18H24N4O2. The first-order valence-corrected chi connectivity index (χ1v) is 8.69. The van der Waals surface area contributed by atoms with Crippen LogP contribution in [0, 0.1) is 0 Å². The Bertz CT molecular complexity index is 673. The Hall–Kier alpha value is -2.24. The highest BCUT2D eigenvalue weighted by Crippen LogP contribution is 2.21. The van der Waals surface area contributed by atoms with E-state index in [0.29, 0.717) is 11.7 Å². The number of nitrogens with zero attached hydrogens (tertiary/aromatic N) is 4. The first kappa shape index (κ1) is 16.6. The van der Waals surface area contributed by atoms with E-state index in [1.165, 1.54) is 16.8 Å². The van der Waals surface area contributed by atoms with Gasteiger partial charge < -0.3 is 4.74 Å². The molecule has 128 valence electrons. The second-order valence-corrected chi connectivity index (χ2v) is 6.67. The zero-order chi connectivity index (χ0) is 16.9. The van der Waals surface area contributed by atoms with E-state index >= 15 is 0 Å². The smallest absolute Gasteiger partial charge is 0.330 e. The van der Waals surface area contributed by atoms with Crippen LogP contribution in [0.2, 0.25) is 0 Å². The van der Waals surface area contributed by atoms with E-state index in [4.69, 9.17) is 4.74 Å². The average Bonchev–Trinajstić information content (AvgIpc) is 3.04. The predicted molar refractivity (Wildman–Crippen MR) is 90.3 cm³/mol. The first-order valence-electron chi connectivity index (χ1n) is 8.69. The number of esters is 1. The third kappa shape index (κ3) is 4.19. The van der Waals surface area contributed by atoms with Crippen LogP contribution in [0.25, 0.3) is 11.4 Å². The fourth-order valence-electron chi connectivity index (χ4n) is 2.96. The van der Waals surface area contributed by atoms with Crippen LogP contribution < -0.4 is 0 Å². The van der Waals surface area contributed by atoms with Gasteiger partial charge in [0.25, 0.3) is 0 Å². The summed E-state index contributed by atoms with van der Waals surface area (Å²) in [5.74, 6) is 0.717. The third-order valence-electron chi connectivity index (χ3n) is 4.41. The van der Waals surface area contributed by atoms with Gasteiger partial charge in [-0.1, -0.05) is 44.5 Å². The van der Waals surface area contributed by atoms with Crippen molar-refractivity contribution >= 4 is 5.97 Å². The Balaban J connectivity index is 1.59. The summed E-state index contributed by atoms with van der Waals surface area (Å²) < 4.78 is 5.48. The molecule has 1 aliphatic carbocycles.